The van der Waals surface area contributed by atoms with E-state index in [1.54, 1.807) is 0 Å². The standard InChI is InChI=1S/C14H18F3NOS/c1-3-11(2)18(9-12-7-5-4-6-8-12)13(19)10-20-14(15,16)17/h4-8,11H,3,9-10H2,1-2H3. The minimum atomic E-state index is -4.37. The molecule has 0 aliphatic heterocycles. The van der Waals surface area contributed by atoms with Gasteiger partial charge in [-0.2, -0.15) is 13.2 Å². The van der Waals surface area contributed by atoms with Crippen LogP contribution in [0, 0.1) is 0 Å². The summed E-state index contributed by atoms with van der Waals surface area (Å²) in [6, 6.07) is 9.19. The molecule has 0 bridgehead atoms. The van der Waals surface area contributed by atoms with E-state index in [2.05, 4.69) is 0 Å². The average molecular weight is 305 g/mol. The second-order valence-corrected chi connectivity index (χ2v) is 5.54. The van der Waals surface area contributed by atoms with Crippen LogP contribution in [0.5, 0.6) is 0 Å². The van der Waals surface area contributed by atoms with Gasteiger partial charge in [-0.3, -0.25) is 4.79 Å². The number of halogens is 3. The molecule has 0 aliphatic carbocycles. The third-order valence-corrected chi connectivity index (χ3v) is 3.72. The van der Waals surface area contributed by atoms with Crippen molar-refractivity contribution in [1.29, 1.82) is 0 Å². The van der Waals surface area contributed by atoms with E-state index in [1.807, 2.05) is 44.2 Å². The van der Waals surface area contributed by atoms with E-state index in [1.165, 1.54) is 4.90 Å². The summed E-state index contributed by atoms with van der Waals surface area (Å²) in [5, 5.41) is 0. The number of carbonyl (C=O) groups is 1. The van der Waals surface area contributed by atoms with Gasteiger partial charge in [-0.25, -0.2) is 0 Å². The zero-order valence-corrected chi connectivity index (χ0v) is 12.3. The van der Waals surface area contributed by atoms with Crippen LogP contribution in [0.4, 0.5) is 13.2 Å². The van der Waals surface area contributed by atoms with Crippen molar-refractivity contribution >= 4 is 17.7 Å². The van der Waals surface area contributed by atoms with Crippen LogP contribution in [-0.4, -0.2) is 28.1 Å². The maximum absolute atomic E-state index is 12.2. The van der Waals surface area contributed by atoms with Crippen molar-refractivity contribution in [2.24, 2.45) is 0 Å². The molecule has 6 heteroatoms. The topological polar surface area (TPSA) is 20.3 Å². The first-order chi connectivity index (χ1) is 9.33. The van der Waals surface area contributed by atoms with E-state index < -0.39 is 17.2 Å². The molecule has 0 spiro atoms. The number of hydrogen-bond acceptors (Lipinski definition) is 2. The maximum Gasteiger partial charge on any atom is 0.442 e. The number of benzene rings is 1. The van der Waals surface area contributed by atoms with Crippen LogP contribution in [0.25, 0.3) is 0 Å². The molecular weight excluding hydrogens is 287 g/mol. The van der Waals surface area contributed by atoms with Crippen LogP contribution < -0.4 is 0 Å². The van der Waals surface area contributed by atoms with Crippen molar-refractivity contribution in [3.63, 3.8) is 0 Å². The lowest BCUT2D eigenvalue weighted by Crippen LogP contribution is -2.39. The van der Waals surface area contributed by atoms with Crippen molar-refractivity contribution in [3.8, 4) is 0 Å². The number of rotatable bonds is 6. The summed E-state index contributed by atoms with van der Waals surface area (Å²) >= 11 is -0.283. The molecule has 0 N–H and O–H groups in total. The first-order valence-corrected chi connectivity index (χ1v) is 7.36. The first kappa shape index (κ1) is 16.9. The molecule has 1 amide bonds. The van der Waals surface area contributed by atoms with E-state index >= 15 is 0 Å². The molecule has 0 aliphatic rings. The normalized spacial score (nSPS) is 13.1. The van der Waals surface area contributed by atoms with Gasteiger partial charge in [0.05, 0.1) is 5.75 Å². The number of amides is 1. The molecular formula is C14H18F3NOS. The molecule has 1 aromatic carbocycles. The van der Waals surface area contributed by atoms with Crippen molar-refractivity contribution in [2.75, 3.05) is 5.75 Å². The molecule has 1 atom stereocenters. The molecule has 0 aromatic heterocycles. The fourth-order valence-electron chi connectivity index (χ4n) is 1.72. The summed E-state index contributed by atoms with van der Waals surface area (Å²) in [5.74, 6) is -1.05. The van der Waals surface area contributed by atoms with Gasteiger partial charge in [0, 0.05) is 12.6 Å². The molecule has 1 unspecified atom stereocenters. The summed E-state index contributed by atoms with van der Waals surface area (Å²) in [6.07, 6.45) is 0.704. The second-order valence-electron chi connectivity index (χ2n) is 4.50. The van der Waals surface area contributed by atoms with Gasteiger partial charge in [0.15, 0.2) is 0 Å². The molecule has 1 rings (SSSR count). The van der Waals surface area contributed by atoms with Gasteiger partial charge in [0.25, 0.3) is 0 Å². The maximum atomic E-state index is 12.2. The van der Waals surface area contributed by atoms with E-state index in [-0.39, 0.29) is 17.8 Å². The van der Waals surface area contributed by atoms with Gasteiger partial charge in [-0.15, -0.1) is 0 Å². The van der Waals surface area contributed by atoms with Crippen LogP contribution >= 0.6 is 11.8 Å². The predicted octanol–water partition coefficient (Wildman–Crippen LogP) is 4.07. The van der Waals surface area contributed by atoms with Gasteiger partial charge < -0.3 is 4.90 Å². The molecule has 20 heavy (non-hydrogen) atoms. The van der Waals surface area contributed by atoms with Crippen molar-refractivity contribution in [1.82, 2.24) is 4.90 Å². The van der Waals surface area contributed by atoms with Crippen LogP contribution in [0.1, 0.15) is 25.8 Å². The van der Waals surface area contributed by atoms with Gasteiger partial charge in [-0.1, -0.05) is 37.3 Å². The van der Waals surface area contributed by atoms with Crippen LogP contribution in [0.2, 0.25) is 0 Å². The highest BCUT2D eigenvalue weighted by atomic mass is 32.2. The number of thioether (sulfide) groups is 1. The highest BCUT2D eigenvalue weighted by Gasteiger charge is 2.31. The molecule has 0 fully saturated rings. The molecule has 2 nitrogen and oxygen atoms in total. The molecule has 0 heterocycles. The molecule has 112 valence electrons. The summed E-state index contributed by atoms with van der Waals surface area (Å²) in [5.41, 5.74) is -3.46. The molecule has 0 saturated heterocycles. The number of alkyl halides is 3. The van der Waals surface area contributed by atoms with Crippen molar-refractivity contribution < 1.29 is 18.0 Å². The number of carbonyl (C=O) groups excluding carboxylic acids is 1. The summed E-state index contributed by atoms with van der Waals surface area (Å²) in [6.45, 7) is 4.10. The second kappa shape index (κ2) is 7.57. The van der Waals surface area contributed by atoms with Crippen LogP contribution in [0.15, 0.2) is 30.3 Å². The van der Waals surface area contributed by atoms with E-state index in [4.69, 9.17) is 0 Å². The van der Waals surface area contributed by atoms with Gasteiger partial charge in [-0.05, 0) is 30.7 Å². The highest BCUT2D eigenvalue weighted by Crippen LogP contribution is 2.30. The van der Waals surface area contributed by atoms with Crippen molar-refractivity contribution in [2.45, 2.75) is 38.4 Å². The lowest BCUT2D eigenvalue weighted by Gasteiger charge is -2.29. The Morgan fingerprint density at radius 1 is 1.30 bits per heavy atom. The van der Waals surface area contributed by atoms with Gasteiger partial charge in [0.2, 0.25) is 5.91 Å². The van der Waals surface area contributed by atoms with Crippen LogP contribution in [-0.2, 0) is 11.3 Å². The summed E-state index contributed by atoms with van der Waals surface area (Å²) < 4.78 is 36.5. The highest BCUT2D eigenvalue weighted by molar-refractivity contribution is 8.00. The zero-order valence-electron chi connectivity index (χ0n) is 11.5. The third-order valence-electron chi connectivity index (χ3n) is 3.00. The Morgan fingerprint density at radius 2 is 1.90 bits per heavy atom. The SMILES string of the molecule is CCC(C)N(Cc1ccccc1)C(=O)CSC(F)(F)F. The van der Waals surface area contributed by atoms with Crippen LogP contribution in [0.3, 0.4) is 0 Å². The first-order valence-electron chi connectivity index (χ1n) is 6.37. The Bertz CT molecular complexity index is 422. The third kappa shape index (κ3) is 5.86. The van der Waals surface area contributed by atoms with Gasteiger partial charge in [0.1, 0.15) is 0 Å². The van der Waals surface area contributed by atoms with E-state index in [9.17, 15) is 18.0 Å². The van der Waals surface area contributed by atoms with E-state index in [0.717, 1.165) is 5.56 Å². The fraction of sp³-hybridized carbons (Fsp3) is 0.500. The average Bonchev–Trinajstić information content (AvgIpc) is 2.41. The minimum absolute atomic E-state index is 0.0865. The predicted molar refractivity (Wildman–Crippen MR) is 75.3 cm³/mol. The lowest BCUT2D eigenvalue weighted by molar-refractivity contribution is -0.131. The molecule has 0 saturated carbocycles. The Kier molecular flexibility index (Phi) is 6.39. The molecule has 1 aromatic rings. The fourth-order valence-corrected chi connectivity index (χ4v) is 2.17. The number of nitrogens with zero attached hydrogens (tertiary/aromatic N) is 1. The smallest absolute Gasteiger partial charge is 0.335 e. The minimum Gasteiger partial charge on any atom is -0.335 e. The zero-order chi connectivity index (χ0) is 15.2. The Morgan fingerprint density at radius 3 is 2.40 bits per heavy atom. The summed E-state index contributed by atoms with van der Waals surface area (Å²) in [7, 11) is 0. The Balaban J connectivity index is 2.71. The number of hydrogen-bond donors (Lipinski definition) is 0. The Labute approximate surface area is 121 Å². The summed E-state index contributed by atoms with van der Waals surface area (Å²) in [4.78, 5) is 13.5. The van der Waals surface area contributed by atoms with Gasteiger partial charge >= 0.3 is 5.51 Å². The quantitative estimate of drug-likeness (QED) is 0.789. The largest absolute Gasteiger partial charge is 0.442 e. The molecule has 0 radical (unpaired) electrons. The Hall–Kier alpha value is -1.17. The lowest BCUT2D eigenvalue weighted by atomic mass is 10.1. The van der Waals surface area contributed by atoms with Crippen molar-refractivity contribution in [3.05, 3.63) is 35.9 Å². The monoisotopic (exact) mass is 305 g/mol. The van der Waals surface area contributed by atoms with E-state index in [0.29, 0.717) is 13.0 Å².